The van der Waals surface area contributed by atoms with Gasteiger partial charge in [0, 0.05) is 36.8 Å². The third kappa shape index (κ3) is 2.71. The van der Waals surface area contributed by atoms with E-state index in [2.05, 4.69) is 10.3 Å². The molecule has 146 valence electrons. The molecule has 1 aliphatic carbocycles. The summed E-state index contributed by atoms with van der Waals surface area (Å²) in [6.07, 6.45) is 3.60. The number of carbonyl (C=O) groups is 1. The first-order chi connectivity index (χ1) is 12.8. The fraction of sp³-hybridized carbons (Fsp3) is 0.650. The molecule has 3 heterocycles. The zero-order valence-electron chi connectivity index (χ0n) is 16.6. The van der Waals surface area contributed by atoms with Crippen molar-refractivity contribution < 1.29 is 14.4 Å². The summed E-state index contributed by atoms with van der Waals surface area (Å²) in [5, 5.41) is 19.0. The van der Waals surface area contributed by atoms with Gasteiger partial charge in [-0.3, -0.25) is 9.48 Å². The van der Waals surface area contributed by atoms with Crippen LogP contribution in [-0.4, -0.2) is 49.5 Å². The number of hydrogen-bond donors (Lipinski definition) is 1. The molecular formula is C20H28N4O3. The van der Waals surface area contributed by atoms with Crippen LogP contribution in [0.5, 0.6) is 0 Å². The van der Waals surface area contributed by atoms with E-state index in [0.717, 1.165) is 49.2 Å². The van der Waals surface area contributed by atoms with E-state index in [9.17, 15) is 9.90 Å². The minimum atomic E-state index is -0.586. The Morgan fingerprint density at radius 2 is 1.96 bits per heavy atom. The lowest BCUT2D eigenvalue weighted by Gasteiger charge is -2.58. The Morgan fingerprint density at radius 1 is 1.26 bits per heavy atom. The van der Waals surface area contributed by atoms with E-state index >= 15 is 0 Å². The summed E-state index contributed by atoms with van der Waals surface area (Å²) in [5.41, 5.74) is 2.53. The molecule has 1 amide bonds. The lowest BCUT2D eigenvalue weighted by molar-refractivity contribution is -0.174. The fourth-order valence-corrected chi connectivity index (χ4v) is 4.78. The first-order valence-electron chi connectivity index (χ1n) is 9.81. The van der Waals surface area contributed by atoms with E-state index in [0.29, 0.717) is 24.5 Å². The molecule has 7 heteroatoms. The zero-order chi connectivity index (χ0) is 19.4. The highest BCUT2D eigenvalue weighted by Crippen LogP contribution is 2.56. The van der Waals surface area contributed by atoms with E-state index in [1.54, 1.807) is 6.07 Å². The van der Waals surface area contributed by atoms with Crippen molar-refractivity contribution in [2.75, 3.05) is 13.1 Å². The largest absolute Gasteiger partial charge is 0.390 e. The maximum Gasteiger partial charge on any atom is 0.276 e. The van der Waals surface area contributed by atoms with Gasteiger partial charge in [0.1, 0.15) is 0 Å². The number of piperidine rings is 1. The molecule has 27 heavy (non-hydrogen) atoms. The molecule has 7 nitrogen and oxygen atoms in total. The fourth-order valence-electron chi connectivity index (χ4n) is 4.78. The summed E-state index contributed by atoms with van der Waals surface area (Å²) in [6.45, 7) is 10.0. The first-order valence-corrected chi connectivity index (χ1v) is 9.81. The molecule has 2 aromatic heterocycles. The van der Waals surface area contributed by atoms with Crippen LogP contribution in [0.4, 0.5) is 0 Å². The molecule has 1 aliphatic heterocycles. The molecular weight excluding hydrogens is 344 g/mol. The number of hydrogen-bond acceptors (Lipinski definition) is 5. The zero-order valence-corrected chi connectivity index (χ0v) is 16.6. The Labute approximate surface area is 159 Å². The van der Waals surface area contributed by atoms with E-state index in [4.69, 9.17) is 4.52 Å². The monoisotopic (exact) mass is 372 g/mol. The molecule has 1 unspecified atom stereocenters. The summed E-state index contributed by atoms with van der Waals surface area (Å²) in [6, 6.07) is 1.73. The smallest absolute Gasteiger partial charge is 0.276 e. The van der Waals surface area contributed by atoms with Crippen molar-refractivity contribution in [3.63, 3.8) is 0 Å². The quantitative estimate of drug-likeness (QED) is 0.895. The van der Waals surface area contributed by atoms with Crippen LogP contribution in [0.2, 0.25) is 0 Å². The van der Waals surface area contributed by atoms with Crippen molar-refractivity contribution in [1.29, 1.82) is 0 Å². The number of likely N-dealkylation sites (tertiary alicyclic amines) is 1. The molecule has 0 radical (unpaired) electrons. The Kier molecular flexibility index (Phi) is 4.18. The SMILES string of the molecule is CCn1nc(C)c(-c2cc(C(=O)N3CCC4(CC3)CCC4(C)O)no2)c1C. The lowest BCUT2D eigenvalue weighted by atomic mass is 9.53. The van der Waals surface area contributed by atoms with Crippen LogP contribution in [0.3, 0.4) is 0 Å². The van der Waals surface area contributed by atoms with Crippen molar-refractivity contribution >= 4 is 5.91 Å². The highest BCUT2D eigenvalue weighted by molar-refractivity contribution is 5.93. The predicted octanol–water partition coefficient (Wildman–Crippen LogP) is 2.94. The predicted molar refractivity (Wildman–Crippen MR) is 100 cm³/mol. The summed E-state index contributed by atoms with van der Waals surface area (Å²) in [5.74, 6) is 0.487. The second kappa shape index (κ2) is 6.19. The van der Waals surface area contributed by atoms with Crippen molar-refractivity contribution in [2.45, 2.75) is 65.5 Å². The molecule has 0 bridgehead atoms. The van der Waals surface area contributed by atoms with E-state index < -0.39 is 5.60 Å². The Morgan fingerprint density at radius 3 is 2.48 bits per heavy atom. The van der Waals surface area contributed by atoms with Gasteiger partial charge in [-0.05, 0) is 53.4 Å². The maximum atomic E-state index is 12.9. The van der Waals surface area contributed by atoms with Crippen LogP contribution in [0, 0.1) is 19.3 Å². The van der Waals surface area contributed by atoms with Crippen LogP contribution >= 0.6 is 0 Å². The number of aromatic nitrogens is 3. The van der Waals surface area contributed by atoms with Gasteiger partial charge in [0.15, 0.2) is 11.5 Å². The molecule has 4 rings (SSSR count). The molecule has 1 saturated carbocycles. The van der Waals surface area contributed by atoms with Crippen LogP contribution in [0.25, 0.3) is 11.3 Å². The Hall–Kier alpha value is -2.15. The number of nitrogens with zero attached hydrogens (tertiary/aromatic N) is 4. The van der Waals surface area contributed by atoms with Crippen molar-refractivity contribution in [1.82, 2.24) is 19.8 Å². The maximum absolute atomic E-state index is 12.9. The van der Waals surface area contributed by atoms with Gasteiger partial charge in [-0.2, -0.15) is 5.10 Å². The molecule has 1 spiro atoms. The van der Waals surface area contributed by atoms with Crippen LogP contribution < -0.4 is 0 Å². The average molecular weight is 372 g/mol. The average Bonchev–Trinajstić information content (AvgIpc) is 3.24. The number of aryl methyl sites for hydroxylation is 2. The number of carbonyl (C=O) groups excluding carboxylic acids is 1. The molecule has 2 aromatic rings. The molecule has 1 saturated heterocycles. The third-order valence-electron chi connectivity index (χ3n) is 6.90. The Balaban J connectivity index is 1.50. The van der Waals surface area contributed by atoms with Gasteiger partial charge in [-0.1, -0.05) is 5.16 Å². The van der Waals surface area contributed by atoms with Gasteiger partial charge in [-0.15, -0.1) is 0 Å². The number of amides is 1. The standard InChI is InChI=1S/C20H28N4O3/c1-5-24-14(3)17(13(2)21-24)16-12-15(22-27-16)18(25)23-10-8-20(9-11-23)7-6-19(20,4)26/h12,26H,5-11H2,1-4H3. The summed E-state index contributed by atoms with van der Waals surface area (Å²) in [4.78, 5) is 14.7. The van der Waals surface area contributed by atoms with Gasteiger partial charge in [-0.25, -0.2) is 0 Å². The van der Waals surface area contributed by atoms with Gasteiger partial charge in [0.25, 0.3) is 5.91 Å². The lowest BCUT2D eigenvalue weighted by Crippen LogP contribution is -2.60. The van der Waals surface area contributed by atoms with Gasteiger partial charge in [0.2, 0.25) is 0 Å². The van der Waals surface area contributed by atoms with Gasteiger partial charge >= 0.3 is 0 Å². The minimum absolute atomic E-state index is 0.0122. The molecule has 1 N–H and O–H groups in total. The van der Waals surface area contributed by atoms with Crippen molar-refractivity contribution in [3.05, 3.63) is 23.1 Å². The van der Waals surface area contributed by atoms with Crippen molar-refractivity contribution in [3.8, 4) is 11.3 Å². The van der Waals surface area contributed by atoms with Gasteiger partial charge < -0.3 is 14.5 Å². The summed E-state index contributed by atoms with van der Waals surface area (Å²) >= 11 is 0. The second-order valence-electron chi connectivity index (χ2n) is 8.28. The Bertz CT molecular complexity index is 872. The number of aliphatic hydroxyl groups is 1. The highest BCUT2D eigenvalue weighted by Gasteiger charge is 2.55. The summed E-state index contributed by atoms with van der Waals surface area (Å²) < 4.78 is 7.42. The van der Waals surface area contributed by atoms with E-state index in [-0.39, 0.29) is 11.3 Å². The van der Waals surface area contributed by atoms with Crippen LogP contribution in [-0.2, 0) is 6.54 Å². The highest BCUT2D eigenvalue weighted by atomic mass is 16.5. The summed E-state index contributed by atoms with van der Waals surface area (Å²) in [7, 11) is 0. The molecule has 2 fully saturated rings. The minimum Gasteiger partial charge on any atom is -0.390 e. The first kappa shape index (κ1) is 18.2. The number of rotatable bonds is 3. The normalized spacial score (nSPS) is 24.3. The van der Waals surface area contributed by atoms with Crippen LogP contribution in [0.15, 0.2) is 10.6 Å². The van der Waals surface area contributed by atoms with Gasteiger partial charge in [0.05, 0.1) is 16.9 Å². The van der Waals surface area contributed by atoms with E-state index in [1.165, 1.54) is 0 Å². The molecule has 1 atom stereocenters. The van der Waals surface area contributed by atoms with Crippen LogP contribution in [0.1, 0.15) is 61.4 Å². The topological polar surface area (TPSA) is 84.4 Å². The van der Waals surface area contributed by atoms with E-state index in [1.807, 2.05) is 37.3 Å². The molecule has 0 aromatic carbocycles. The third-order valence-corrected chi connectivity index (χ3v) is 6.90. The van der Waals surface area contributed by atoms with Crippen molar-refractivity contribution in [2.24, 2.45) is 5.41 Å². The molecule has 2 aliphatic rings. The second-order valence-corrected chi connectivity index (χ2v) is 8.28.